The van der Waals surface area contributed by atoms with Crippen LogP contribution in [0.2, 0.25) is 0 Å². The molecule has 6 nitrogen and oxygen atoms in total. The Balaban J connectivity index is 2.04. The fraction of sp³-hybridized carbons (Fsp3) is 0.455. The van der Waals surface area contributed by atoms with Gasteiger partial charge in [0.25, 0.3) is 0 Å². The monoisotopic (exact) mass is 464 g/mol. The van der Waals surface area contributed by atoms with E-state index >= 15 is 0 Å². The Bertz CT molecular complexity index is 830. The Hall–Kier alpha value is -1.96. The lowest BCUT2D eigenvalue weighted by atomic mass is 9.85. The molecule has 0 saturated carbocycles. The predicted octanol–water partition coefficient (Wildman–Crippen LogP) is 3.75. The van der Waals surface area contributed by atoms with Crippen molar-refractivity contribution < 1.29 is 18.9 Å². The van der Waals surface area contributed by atoms with Gasteiger partial charge in [0.1, 0.15) is 5.75 Å². The summed E-state index contributed by atoms with van der Waals surface area (Å²) in [7, 11) is 7.31. The first-order valence-electron chi connectivity index (χ1n) is 9.65. The molecule has 0 amide bonds. The fourth-order valence-corrected chi connectivity index (χ4v) is 4.35. The average Bonchev–Trinajstić information content (AvgIpc) is 2.73. The van der Waals surface area contributed by atoms with Gasteiger partial charge in [-0.05, 0) is 36.7 Å². The second kappa shape index (κ2) is 9.69. The second-order valence-corrected chi connectivity index (χ2v) is 8.21. The highest BCUT2D eigenvalue weighted by atomic mass is 79.9. The van der Waals surface area contributed by atoms with E-state index in [4.69, 9.17) is 24.7 Å². The smallest absolute Gasteiger partial charge is 0.213 e. The number of hydrogen-bond donors (Lipinski definition) is 1. The molecule has 0 fully saturated rings. The van der Waals surface area contributed by atoms with Crippen LogP contribution in [0, 0.1) is 0 Å². The van der Waals surface area contributed by atoms with Gasteiger partial charge in [-0.1, -0.05) is 28.1 Å². The van der Waals surface area contributed by atoms with Crippen molar-refractivity contribution in [1.29, 1.82) is 0 Å². The van der Waals surface area contributed by atoms with Crippen molar-refractivity contribution in [3.8, 4) is 17.2 Å². The first-order valence-corrected chi connectivity index (χ1v) is 10.6. The van der Waals surface area contributed by atoms with Crippen molar-refractivity contribution in [2.75, 3.05) is 46.4 Å². The summed E-state index contributed by atoms with van der Waals surface area (Å²) in [6, 6.07) is 12.3. The summed E-state index contributed by atoms with van der Waals surface area (Å²) in [6.45, 7) is 1.13. The van der Waals surface area contributed by atoms with E-state index in [1.165, 1.54) is 0 Å². The summed E-state index contributed by atoms with van der Waals surface area (Å²) in [4.78, 5) is 1.98. The molecular formula is C22H29BrN2O4. The molecule has 3 rings (SSSR count). The van der Waals surface area contributed by atoms with E-state index in [0.717, 1.165) is 29.0 Å². The van der Waals surface area contributed by atoms with Gasteiger partial charge in [-0.2, -0.15) is 0 Å². The molecule has 7 heteroatoms. The van der Waals surface area contributed by atoms with Gasteiger partial charge in [-0.3, -0.25) is 0 Å². The first-order chi connectivity index (χ1) is 14.0. The lowest BCUT2D eigenvalue weighted by Crippen LogP contribution is -2.39. The number of alkyl halides is 1. The van der Waals surface area contributed by atoms with Crippen LogP contribution >= 0.6 is 15.9 Å². The van der Waals surface area contributed by atoms with Crippen LogP contribution in [-0.4, -0.2) is 52.6 Å². The van der Waals surface area contributed by atoms with Crippen LogP contribution in [-0.2, 0) is 4.74 Å². The van der Waals surface area contributed by atoms with Crippen LogP contribution in [0.4, 0.5) is 5.69 Å². The minimum Gasteiger partial charge on any atom is -0.493 e. The third-order valence-corrected chi connectivity index (χ3v) is 6.03. The molecule has 2 aromatic carbocycles. The van der Waals surface area contributed by atoms with Crippen molar-refractivity contribution >= 4 is 21.6 Å². The van der Waals surface area contributed by atoms with Crippen LogP contribution in [0.3, 0.4) is 0 Å². The van der Waals surface area contributed by atoms with Gasteiger partial charge >= 0.3 is 0 Å². The van der Waals surface area contributed by atoms with Gasteiger partial charge in [-0.15, -0.1) is 0 Å². The minimum atomic E-state index is -0.426. The molecular weight excluding hydrogens is 436 g/mol. The zero-order chi connectivity index (χ0) is 21.0. The molecule has 0 spiro atoms. The van der Waals surface area contributed by atoms with Crippen LogP contribution in [0.1, 0.15) is 23.5 Å². The maximum Gasteiger partial charge on any atom is 0.213 e. The molecule has 0 aromatic heterocycles. The van der Waals surface area contributed by atoms with Crippen molar-refractivity contribution in [1.82, 2.24) is 0 Å². The minimum absolute atomic E-state index is 0.0256. The molecule has 0 aliphatic carbocycles. The predicted molar refractivity (Wildman–Crippen MR) is 119 cm³/mol. The Morgan fingerprint density at radius 1 is 1.07 bits per heavy atom. The van der Waals surface area contributed by atoms with E-state index in [2.05, 4.69) is 45.1 Å². The molecule has 0 saturated heterocycles. The van der Waals surface area contributed by atoms with Gasteiger partial charge in [-0.25, -0.2) is 0 Å². The van der Waals surface area contributed by atoms with E-state index in [0.29, 0.717) is 24.7 Å². The number of fused-ring (bicyclic) bond motifs is 1. The Kier molecular flexibility index (Phi) is 7.27. The molecule has 2 aromatic rings. The lowest BCUT2D eigenvalue weighted by Gasteiger charge is -2.37. The van der Waals surface area contributed by atoms with Crippen molar-refractivity contribution in [3.63, 3.8) is 0 Å². The van der Waals surface area contributed by atoms with E-state index < -0.39 is 6.29 Å². The van der Waals surface area contributed by atoms with E-state index in [1.54, 1.807) is 14.2 Å². The zero-order valence-electron chi connectivity index (χ0n) is 17.4. The Morgan fingerprint density at radius 3 is 2.48 bits per heavy atom. The molecule has 1 aliphatic heterocycles. The average molecular weight is 465 g/mol. The SMILES string of the molecule is COc1ccc(C2c3ccc(N(C)C)cc3OC(OCCCN)C2Br)cc1OC. The number of anilines is 1. The highest BCUT2D eigenvalue weighted by Gasteiger charge is 2.39. The fourth-order valence-electron chi connectivity index (χ4n) is 3.50. The maximum atomic E-state index is 6.24. The summed E-state index contributed by atoms with van der Waals surface area (Å²) >= 11 is 3.85. The highest BCUT2D eigenvalue weighted by molar-refractivity contribution is 9.09. The van der Waals surface area contributed by atoms with Gasteiger partial charge in [0, 0.05) is 37.3 Å². The summed E-state index contributed by atoms with van der Waals surface area (Å²) < 4.78 is 23.2. The molecule has 2 N–H and O–H groups in total. The summed E-state index contributed by atoms with van der Waals surface area (Å²) in [5, 5.41) is 0. The molecule has 158 valence electrons. The first kappa shape index (κ1) is 21.7. The Labute approximate surface area is 181 Å². The number of nitrogens with zero attached hydrogens (tertiary/aromatic N) is 1. The van der Waals surface area contributed by atoms with Gasteiger partial charge < -0.3 is 29.6 Å². The van der Waals surface area contributed by atoms with Crippen LogP contribution in [0.25, 0.3) is 0 Å². The summed E-state index contributed by atoms with van der Waals surface area (Å²) in [6.07, 6.45) is 0.357. The number of benzene rings is 2. The molecule has 3 unspecified atom stereocenters. The van der Waals surface area contributed by atoms with Gasteiger partial charge in [0.15, 0.2) is 11.5 Å². The van der Waals surface area contributed by atoms with Crippen molar-refractivity contribution in [3.05, 3.63) is 47.5 Å². The van der Waals surface area contributed by atoms with Crippen molar-refractivity contribution in [2.45, 2.75) is 23.5 Å². The zero-order valence-corrected chi connectivity index (χ0v) is 18.9. The van der Waals surface area contributed by atoms with Gasteiger partial charge in [0.05, 0.1) is 25.7 Å². The summed E-state index contributed by atoms with van der Waals surface area (Å²) in [5.41, 5.74) is 8.89. The number of methoxy groups -OCH3 is 2. The summed E-state index contributed by atoms with van der Waals surface area (Å²) in [5.74, 6) is 2.25. The second-order valence-electron chi connectivity index (χ2n) is 7.15. The normalized spacial score (nSPS) is 20.6. The third-order valence-electron chi connectivity index (χ3n) is 5.07. The molecule has 29 heavy (non-hydrogen) atoms. The molecule has 1 aliphatic rings. The highest BCUT2D eigenvalue weighted by Crippen LogP contribution is 2.46. The number of nitrogens with two attached hydrogens (primary N) is 1. The van der Waals surface area contributed by atoms with Crippen LogP contribution in [0.5, 0.6) is 17.2 Å². The van der Waals surface area contributed by atoms with E-state index in [1.807, 2.05) is 26.2 Å². The van der Waals surface area contributed by atoms with Crippen LogP contribution in [0.15, 0.2) is 36.4 Å². The quantitative estimate of drug-likeness (QED) is 0.473. The molecule has 3 atom stereocenters. The third kappa shape index (κ3) is 4.63. The molecule has 1 heterocycles. The standard InChI is InChI=1S/C22H29BrN2O4/c1-25(2)15-7-8-16-18(13-15)29-22(28-11-5-10-24)21(23)20(16)14-6-9-17(26-3)19(12-14)27-4/h6-9,12-13,20-22H,5,10-11,24H2,1-4H3. The number of ether oxygens (including phenoxy) is 4. The van der Waals surface area contributed by atoms with Gasteiger partial charge in [0.2, 0.25) is 6.29 Å². The largest absolute Gasteiger partial charge is 0.493 e. The lowest BCUT2D eigenvalue weighted by molar-refractivity contribution is -0.0882. The van der Waals surface area contributed by atoms with E-state index in [-0.39, 0.29) is 10.7 Å². The maximum absolute atomic E-state index is 6.24. The Morgan fingerprint density at radius 2 is 1.83 bits per heavy atom. The molecule has 0 radical (unpaired) electrons. The topological polar surface area (TPSA) is 66.2 Å². The number of halogens is 1. The number of rotatable bonds is 8. The van der Waals surface area contributed by atoms with Crippen LogP contribution < -0.4 is 24.8 Å². The van der Waals surface area contributed by atoms with E-state index in [9.17, 15) is 0 Å². The number of hydrogen-bond acceptors (Lipinski definition) is 6. The molecule has 0 bridgehead atoms. The van der Waals surface area contributed by atoms with Crippen molar-refractivity contribution in [2.24, 2.45) is 5.73 Å².